The summed E-state index contributed by atoms with van der Waals surface area (Å²) in [6, 6.07) is 7.25. The Kier molecular flexibility index (Phi) is 6.25. The Balaban J connectivity index is 1.47. The smallest absolute Gasteiger partial charge is 0.181 e. The molecule has 4 rings (SSSR count). The van der Waals surface area contributed by atoms with Gasteiger partial charge in [0.05, 0.1) is 0 Å². The highest BCUT2D eigenvalue weighted by atomic mass is 19.1. The molecule has 0 aliphatic heterocycles. The van der Waals surface area contributed by atoms with Gasteiger partial charge in [0.2, 0.25) is 0 Å². The first-order chi connectivity index (χ1) is 15.4. The van der Waals surface area contributed by atoms with E-state index in [1.165, 1.54) is 12.8 Å². The SMILES string of the molecule is C=N/C(=C\C(=N/COc1ccc2[nH]c(C)cc2c1F)NC(C)C)Nc1cc(C2CC2)[nH]n1. The van der Waals surface area contributed by atoms with Gasteiger partial charge in [-0.05, 0) is 58.5 Å². The van der Waals surface area contributed by atoms with Gasteiger partial charge in [-0.3, -0.25) is 5.10 Å². The van der Waals surface area contributed by atoms with Crippen LogP contribution in [0.4, 0.5) is 10.2 Å². The molecule has 1 fully saturated rings. The number of hydrogen-bond acceptors (Lipinski definition) is 5. The summed E-state index contributed by atoms with van der Waals surface area (Å²) in [5.41, 5.74) is 2.74. The lowest BCUT2D eigenvalue weighted by molar-refractivity contribution is 0.314. The van der Waals surface area contributed by atoms with Crippen molar-refractivity contribution >= 4 is 29.3 Å². The average molecular weight is 438 g/mol. The van der Waals surface area contributed by atoms with Gasteiger partial charge in [-0.1, -0.05) is 0 Å². The lowest BCUT2D eigenvalue weighted by atomic mass is 10.2. The number of aliphatic imine (C=N–C) groups is 2. The van der Waals surface area contributed by atoms with E-state index in [1.54, 1.807) is 24.3 Å². The minimum absolute atomic E-state index is 0.0595. The van der Waals surface area contributed by atoms with Gasteiger partial charge in [-0.2, -0.15) is 5.10 Å². The molecule has 32 heavy (non-hydrogen) atoms. The van der Waals surface area contributed by atoms with E-state index in [2.05, 4.69) is 42.5 Å². The normalized spacial score (nSPS) is 14.8. The summed E-state index contributed by atoms with van der Waals surface area (Å²) in [6.07, 6.45) is 4.10. The van der Waals surface area contributed by atoms with E-state index in [4.69, 9.17) is 4.74 Å². The molecule has 1 aliphatic rings. The van der Waals surface area contributed by atoms with Crippen molar-refractivity contribution in [2.24, 2.45) is 9.98 Å². The number of nitrogens with one attached hydrogen (secondary N) is 4. The zero-order valence-electron chi connectivity index (χ0n) is 18.5. The number of amidine groups is 1. The van der Waals surface area contributed by atoms with Gasteiger partial charge >= 0.3 is 0 Å². The fourth-order valence-corrected chi connectivity index (χ4v) is 3.39. The second kappa shape index (κ2) is 9.25. The summed E-state index contributed by atoms with van der Waals surface area (Å²) in [7, 11) is 0. The summed E-state index contributed by atoms with van der Waals surface area (Å²) < 4.78 is 20.3. The first-order valence-electron chi connectivity index (χ1n) is 10.6. The third kappa shape index (κ3) is 5.16. The molecule has 0 unspecified atom stereocenters. The topological polar surface area (TPSA) is 102 Å². The molecular weight excluding hydrogens is 409 g/mol. The number of hydrogen-bond donors (Lipinski definition) is 4. The van der Waals surface area contributed by atoms with E-state index in [1.807, 2.05) is 26.8 Å². The predicted octanol–water partition coefficient (Wildman–Crippen LogP) is 4.60. The molecule has 9 heteroatoms. The van der Waals surface area contributed by atoms with Gasteiger partial charge in [-0.15, -0.1) is 0 Å². The van der Waals surface area contributed by atoms with Crippen molar-refractivity contribution in [1.82, 2.24) is 20.5 Å². The largest absolute Gasteiger partial charge is 0.468 e. The lowest BCUT2D eigenvalue weighted by Gasteiger charge is -2.12. The molecule has 2 heterocycles. The third-order valence-corrected chi connectivity index (χ3v) is 5.04. The summed E-state index contributed by atoms with van der Waals surface area (Å²) in [6.45, 7) is 9.45. The number of anilines is 1. The van der Waals surface area contributed by atoms with Gasteiger partial charge in [-0.25, -0.2) is 14.4 Å². The molecule has 1 aromatic carbocycles. The molecule has 0 spiro atoms. The Hall–Kier alpha value is -3.62. The van der Waals surface area contributed by atoms with E-state index >= 15 is 0 Å². The zero-order chi connectivity index (χ0) is 22.7. The Bertz CT molecular complexity index is 1170. The molecule has 0 atom stereocenters. The number of aryl methyl sites for hydroxylation is 1. The molecule has 4 N–H and O–H groups in total. The number of halogens is 1. The standard InChI is InChI=1S/C23H28FN7O/c1-13(2)27-21(11-20(25-4)29-22-10-18(30-31-22)15-5-6-15)26-12-32-19-8-7-17-16(23(19)24)9-14(3)28-17/h7-11,13,15,28H,4-6,12H2,1-3H3,(H,26,27)(H2,29,30,31)/b20-11+. The lowest BCUT2D eigenvalue weighted by Crippen LogP contribution is -2.30. The third-order valence-electron chi connectivity index (χ3n) is 5.04. The quantitative estimate of drug-likeness (QED) is 0.290. The van der Waals surface area contributed by atoms with Crippen LogP contribution in [0.1, 0.15) is 44.0 Å². The molecule has 1 aliphatic carbocycles. The first kappa shape index (κ1) is 21.6. The molecule has 168 valence electrons. The van der Waals surface area contributed by atoms with Gasteiger partial charge < -0.3 is 20.4 Å². The predicted molar refractivity (Wildman–Crippen MR) is 126 cm³/mol. The van der Waals surface area contributed by atoms with Crippen molar-refractivity contribution in [3.8, 4) is 5.75 Å². The van der Waals surface area contributed by atoms with Crippen molar-refractivity contribution in [2.75, 3.05) is 12.0 Å². The first-order valence-corrected chi connectivity index (χ1v) is 10.6. The summed E-state index contributed by atoms with van der Waals surface area (Å²) in [5.74, 6) is 2.01. The van der Waals surface area contributed by atoms with Crippen molar-refractivity contribution in [2.45, 2.75) is 45.6 Å². The van der Waals surface area contributed by atoms with Crippen LogP contribution in [-0.2, 0) is 0 Å². The van der Waals surface area contributed by atoms with Gasteiger partial charge in [0.15, 0.2) is 24.1 Å². The van der Waals surface area contributed by atoms with Gasteiger partial charge in [0, 0.05) is 46.4 Å². The van der Waals surface area contributed by atoms with Crippen LogP contribution in [0.3, 0.4) is 0 Å². The second-order valence-electron chi connectivity index (χ2n) is 8.20. The summed E-state index contributed by atoms with van der Waals surface area (Å²) in [5, 5.41) is 14.2. The van der Waals surface area contributed by atoms with Crippen LogP contribution >= 0.6 is 0 Å². The Labute approximate surface area is 186 Å². The number of benzene rings is 1. The summed E-state index contributed by atoms with van der Waals surface area (Å²) in [4.78, 5) is 11.6. The molecule has 0 amide bonds. The van der Waals surface area contributed by atoms with Crippen LogP contribution in [0.15, 0.2) is 46.1 Å². The zero-order valence-corrected chi connectivity index (χ0v) is 18.5. The number of aromatic amines is 2. The Morgan fingerprint density at radius 2 is 2.19 bits per heavy atom. The second-order valence-corrected chi connectivity index (χ2v) is 8.20. The minimum Gasteiger partial charge on any atom is -0.468 e. The molecular formula is C23H28FN7O. The average Bonchev–Trinajstić information content (AvgIpc) is 3.37. The van der Waals surface area contributed by atoms with E-state index in [0.717, 1.165) is 16.9 Å². The fraction of sp³-hybridized carbons (Fsp3) is 0.348. The maximum absolute atomic E-state index is 14.7. The number of rotatable bonds is 9. The van der Waals surface area contributed by atoms with Crippen LogP contribution in [0, 0.1) is 12.7 Å². The summed E-state index contributed by atoms with van der Waals surface area (Å²) >= 11 is 0. The van der Waals surface area contributed by atoms with Crippen LogP contribution < -0.4 is 15.4 Å². The molecule has 2 aromatic heterocycles. The number of nitrogens with zero attached hydrogens (tertiary/aromatic N) is 3. The van der Waals surface area contributed by atoms with Crippen LogP contribution in [0.25, 0.3) is 10.9 Å². The maximum atomic E-state index is 14.7. The van der Waals surface area contributed by atoms with E-state index in [-0.39, 0.29) is 18.5 Å². The Morgan fingerprint density at radius 1 is 1.38 bits per heavy atom. The van der Waals surface area contributed by atoms with Crippen molar-refractivity contribution in [3.63, 3.8) is 0 Å². The highest BCUT2D eigenvalue weighted by Gasteiger charge is 2.25. The van der Waals surface area contributed by atoms with Crippen molar-refractivity contribution in [3.05, 3.63) is 53.4 Å². The van der Waals surface area contributed by atoms with Gasteiger partial charge in [0.1, 0.15) is 11.7 Å². The monoisotopic (exact) mass is 437 g/mol. The minimum atomic E-state index is -0.406. The number of ether oxygens (including phenoxy) is 1. The molecule has 0 radical (unpaired) electrons. The molecule has 8 nitrogen and oxygen atoms in total. The number of H-pyrrole nitrogens is 2. The number of aromatic nitrogens is 3. The molecule has 0 bridgehead atoms. The fourth-order valence-electron chi connectivity index (χ4n) is 3.39. The van der Waals surface area contributed by atoms with Crippen molar-refractivity contribution < 1.29 is 9.13 Å². The van der Waals surface area contributed by atoms with Gasteiger partial charge in [0.25, 0.3) is 0 Å². The van der Waals surface area contributed by atoms with Crippen LogP contribution in [0.2, 0.25) is 0 Å². The van der Waals surface area contributed by atoms with E-state index in [0.29, 0.717) is 28.8 Å². The van der Waals surface area contributed by atoms with E-state index in [9.17, 15) is 4.39 Å². The highest BCUT2D eigenvalue weighted by Crippen LogP contribution is 2.39. The molecule has 3 aromatic rings. The molecule has 1 saturated carbocycles. The van der Waals surface area contributed by atoms with Crippen LogP contribution in [0.5, 0.6) is 5.75 Å². The number of fused-ring (bicyclic) bond motifs is 1. The van der Waals surface area contributed by atoms with Crippen LogP contribution in [-0.4, -0.2) is 40.5 Å². The Morgan fingerprint density at radius 3 is 2.91 bits per heavy atom. The van der Waals surface area contributed by atoms with E-state index < -0.39 is 5.82 Å². The highest BCUT2D eigenvalue weighted by molar-refractivity contribution is 5.94. The van der Waals surface area contributed by atoms with Crippen molar-refractivity contribution in [1.29, 1.82) is 0 Å². The molecule has 0 saturated heterocycles. The maximum Gasteiger partial charge on any atom is 0.181 e.